The molecule has 2 amide bonds. The fraction of sp³-hybridized carbons (Fsp3) is 0.568. The molecule has 3 aromatic rings. The summed E-state index contributed by atoms with van der Waals surface area (Å²) in [5.41, 5.74) is 5.61. The predicted octanol–water partition coefficient (Wildman–Crippen LogP) is 6.29. The van der Waals surface area contributed by atoms with Crippen LogP contribution in [0.15, 0.2) is 41.3 Å². The standard InChI is InChI=1S/C44H60N8O3/c1-5-6-33-15-29(4)50-43(55)38(33)27-48-42(54)36-19-35(20-39(37(36)25-45)49-28(2)3)34-7-8-40(47-26-34)52-13-11-51(12-14-52)10-9-46-41(53)24-44-21-30-16-31(22-44)18-32(17-30)23-44/h7-8,15,19-20,25-26,28,30-32,45,49H,5-6,9-14,16-18,21-24,27H2,1-4H3,(H,46,53)(H,48,54)(H,50,55). The minimum atomic E-state index is -0.348. The first-order chi connectivity index (χ1) is 26.5. The van der Waals surface area contributed by atoms with Crippen LogP contribution in [0.1, 0.15) is 105 Å². The third-order valence-electron chi connectivity index (χ3n) is 12.5. The summed E-state index contributed by atoms with van der Waals surface area (Å²) in [6.07, 6.45) is 13.5. The van der Waals surface area contributed by atoms with Crippen LogP contribution in [0.2, 0.25) is 0 Å². The molecule has 3 heterocycles. The van der Waals surface area contributed by atoms with Gasteiger partial charge < -0.3 is 31.2 Å². The van der Waals surface area contributed by atoms with Crippen LogP contribution in [0.3, 0.4) is 0 Å². The lowest BCUT2D eigenvalue weighted by molar-refractivity contribution is -0.129. The van der Waals surface area contributed by atoms with Crippen molar-refractivity contribution in [2.45, 2.75) is 98.1 Å². The average Bonchev–Trinajstić information content (AvgIpc) is 3.13. The van der Waals surface area contributed by atoms with Crippen LogP contribution in [0, 0.1) is 35.5 Å². The van der Waals surface area contributed by atoms with Gasteiger partial charge in [0.2, 0.25) is 5.91 Å². The van der Waals surface area contributed by atoms with Crippen LogP contribution < -0.4 is 26.4 Å². The Kier molecular flexibility index (Phi) is 11.8. The molecule has 5 N–H and O–H groups in total. The van der Waals surface area contributed by atoms with E-state index in [1.807, 2.05) is 57.3 Å². The molecule has 1 saturated heterocycles. The zero-order valence-electron chi connectivity index (χ0n) is 33.2. The highest BCUT2D eigenvalue weighted by molar-refractivity contribution is 6.06. The molecular weight excluding hydrogens is 689 g/mol. The highest BCUT2D eigenvalue weighted by Gasteiger charge is 2.51. The molecule has 4 aliphatic carbocycles. The molecule has 8 rings (SSSR count). The predicted molar refractivity (Wildman–Crippen MR) is 220 cm³/mol. The topological polar surface area (TPSA) is 146 Å². The fourth-order valence-electron chi connectivity index (χ4n) is 10.5. The van der Waals surface area contributed by atoms with Crippen molar-refractivity contribution >= 4 is 29.5 Å². The highest BCUT2D eigenvalue weighted by atomic mass is 16.2. The SMILES string of the molecule is CCCc1cc(C)[nH]c(=O)c1CNC(=O)c1cc(-c2ccc(N3CCN(CCNC(=O)CC45CC6CC(CC(C6)C4)C5)CC3)nc2)cc(NC(C)C)c1C=N. The van der Waals surface area contributed by atoms with Gasteiger partial charge in [-0.2, -0.15) is 0 Å². The quantitative estimate of drug-likeness (QED) is 0.115. The summed E-state index contributed by atoms with van der Waals surface area (Å²) < 4.78 is 0. The minimum absolute atomic E-state index is 0.0782. The number of aromatic amines is 1. The maximum Gasteiger partial charge on any atom is 0.253 e. The maximum absolute atomic E-state index is 13.8. The molecule has 294 valence electrons. The number of piperazine rings is 1. The molecule has 0 spiro atoms. The number of carbonyl (C=O) groups excluding carboxylic acids is 2. The lowest BCUT2D eigenvalue weighted by Crippen LogP contribution is -2.50. The van der Waals surface area contributed by atoms with Crippen molar-refractivity contribution < 1.29 is 9.59 Å². The smallest absolute Gasteiger partial charge is 0.253 e. The molecule has 1 aliphatic heterocycles. The number of hydrogen-bond acceptors (Lipinski definition) is 8. The molecule has 4 saturated carbocycles. The van der Waals surface area contributed by atoms with E-state index >= 15 is 0 Å². The van der Waals surface area contributed by atoms with E-state index in [0.29, 0.717) is 28.9 Å². The number of nitrogens with one attached hydrogen (secondary N) is 5. The largest absolute Gasteiger partial charge is 0.382 e. The van der Waals surface area contributed by atoms with Gasteiger partial charge in [-0.3, -0.25) is 19.3 Å². The van der Waals surface area contributed by atoms with Crippen LogP contribution in [-0.4, -0.2) is 78.2 Å². The Morgan fingerprint density at radius 3 is 2.33 bits per heavy atom. The van der Waals surface area contributed by atoms with Crippen LogP contribution in [-0.2, 0) is 17.8 Å². The van der Waals surface area contributed by atoms with E-state index in [1.54, 1.807) is 0 Å². The summed E-state index contributed by atoms with van der Waals surface area (Å²) in [7, 11) is 0. The zero-order chi connectivity index (χ0) is 38.7. The average molecular weight is 749 g/mol. The molecular formula is C44H60N8O3. The number of benzene rings is 1. The molecule has 0 unspecified atom stereocenters. The van der Waals surface area contributed by atoms with Gasteiger partial charge in [0.1, 0.15) is 5.82 Å². The van der Waals surface area contributed by atoms with Gasteiger partial charge in [-0.05, 0) is 130 Å². The Morgan fingerprint density at radius 2 is 1.71 bits per heavy atom. The molecule has 0 radical (unpaired) electrons. The number of pyridine rings is 2. The summed E-state index contributed by atoms with van der Waals surface area (Å²) in [5, 5.41) is 17.9. The Bertz CT molecular complexity index is 1890. The molecule has 55 heavy (non-hydrogen) atoms. The fourth-order valence-corrected chi connectivity index (χ4v) is 10.5. The molecule has 0 atom stereocenters. The first-order valence-corrected chi connectivity index (χ1v) is 20.7. The van der Waals surface area contributed by atoms with Crippen molar-refractivity contribution in [2.75, 3.05) is 49.5 Å². The van der Waals surface area contributed by atoms with Gasteiger partial charge in [0.25, 0.3) is 11.5 Å². The Hall–Kier alpha value is -4.51. The third kappa shape index (κ3) is 8.98. The number of carbonyl (C=O) groups is 2. The number of amides is 2. The van der Waals surface area contributed by atoms with E-state index in [1.165, 1.54) is 44.7 Å². The van der Waals surface area contributed by atoms with E-state index in [9.17, 15) is 14.4 Å². The van der Waals surface area contributed by atoms with Crippen LogP contribution >= 0.6 is 0 Å². The van der Waals surface area contributed by atoms with Gasteiger partial charge >= 0.3 is 0 Å². The van der Waals surface area contributed by atoms with E-state index < -0.39 is 0 Å². The minimum Gasteiger partial charge on any atom is -0.382 e. The number of aryl methyl sites for hydroxylation is 2. The van der Waals surface area contributed by atoms with Crippen LogP contribution in [0.5, 0.6) is 0 Å². The van der Waals surface area contributed by atoms with Crippen molar-refractivity contribution in [2.24, 2.45) is 23.2 Å². The van der Waals surface area contributed by atoms with E-state index in [2.05, 4.69) is 37.7 Å². The number of nitrogens with zero attached hydrogens (tertiary/aromatic N) is 3. The van der Waals surface area contributed by atoms with E-state index in [4.69, 9.17) is 10.4 Å². The van der Waals surface area contributed by atoms with Crippen LogP contribution in [0.4, 0.5) is 11.5 Å². The van der Waals surface area contributed by atoms with Gasteiger partial charge in [0, 0.05) is 98.8 Å². The number of hydrogen-bond donors (Lipinski definition) is 5. The molecule has 1 aromatic carbocycles. The molecule has 4 bridgehead atoms. The summed E-state index contributed by atoms with van der Waals surface area (Å²) in [6, 6.07) is 9.91. The normalized spacial score (nSPS) is 23.2. The highest BCUT2D eigenvalue weighted by Crippen LogP contribution is 2.61. The van der Waals surface area contributed by atoms with Gasteiger partial charge in [0.15, 0.2) is 0 Å². The van der Waals surface area contributed by atoms with Crippen molar-refractivity contribution in [3.05, 3.63) is 74.8 Å². The summed E-state index contributed by atoms with van der Waals surface area (Å²) in [5.74, 6) is 3.42. The van der Waals surface area contributed by atoms with E-state index in [0.717, 1.165) is 97.9 Å². The second-order valence-corrected chi connectivity index (χ2v) is 17.3. The third-order valence-corrected chi connectivity index (χ3v) is 12.5. The first kappa shape index (κ1) is 38.8. The molecule has 2 aromatic heterocycles. The monoisotopic (exact) mass is 748 g/mol. The lowest BCUT2D eigenvalue weighted by Gasteiger charge is -2.56. The molecule has 5 aliphatic rings. The summed E-state index contributed by atoms with van der Waals surface area (Å²) >= 11 is 0. The van der Waals surface area contributed by atoms with Crippen molar-refractivity contribution in [1.82, 2.24) is 25.5 Å². The summed E-state index contributed by atoms with van der Waals surface area (Å²) in [4.78, 5) is 52.1. The zero-order valence-corrected chi connectivity index (χ0v) is 33.2. The van der Waals surface area contributed by atoms with Crippen molar-refractivity contribution in [3.63, 3.8) is 0 Å². The number of anilines is 2. The van der Waals surface area contributed by atoms with Crippen molar-refractivity contribution in [3.8, 4) is 11.1 Å². The first-order valence-electron chi connectivity index (χ1n) is 20.7. The van der Waals surface area contributed by atoms with Gasteiger partial charge in [-0.1, -0.05) is 13.3 Å². The lowest BCUT2D eigenvalue weighted by atomic mass is 9.49. The van der Waals surface area contributed by atoms with Gasteiger partial charge in [-0.25, -0.2) is 4.98 Å². The van der Waals surface area contributed by atoms with Crippen molar-refractivity contribution in [1.29, 1.82) is 5.41 Å². The maximum atomic E-state index is 13.8. The van der Waals surface area contributed by atoms with Gasteiger partial charge in [0.05, 0.1) is 5.56 Å². The second kappa shape index (κ2) is 16.7. The Morgan fingerprint density at radius 1 is 1.00 bits per heavy atom. The Balaban J connectivity index is 0.957. The molecule has 5 fully saturated rings. The van der Waals surface area contributed by atoms with Gasteiger partial charge in [-0.15, -0.1) is 0 Å². The second-order valence-electron chi connectivity index (χ2n) is 17.3. The number of rotatable bonds is 15. The number of aromatic nitrogens is 2. The molecule has 11 nitrogen and oxygen atoms in total. The van der Waals surface area contributed by atoms with E-state index in [-0.39, 0.29) is 35.4 Å². The Labute approximate surface area is 326 Å². The van der Waals surface area contributed by atoms with Crippen LogP contribution in [0.25, 0.3) is 11.1 Å². The summed E-state index contributed by atoms with van der Waals surface area (Å²) in [6.45, 7) is 13.2. The number of H-pyrrole nitrogens is 1. The molecule has 11 heteroatoms.